The minimum Gasteiger partial charge on any atom is -0.497 e. The van der Waals surface area contributed by atoms with Crippen LogP contribution in [0.25, 0.3) is 0 Å². The minimum absolute atomic E-state index is 0.781. The lowest BCUT2D eigenvalue weighted by molar-refractivity contribution is 0.306. The second-order valence-electron chi connectivity index (χ2n) is 3.31. The number of ether oxygens (including phenoxy) is 2. The van der Waals surface area contributed by atoms with Crippen LogP contribution in [-0.2, 0) is 5.33 Å². The number of unbranched alkanes of at least 4 members (excludes halogenated alkanes) is 1. The molecule has 0 spiro atoms. The lowest BCUT2D eigenvalue weighted by atomic mass is 10.2. The van der Waals surface area contributed by atoms with E-state index in [2.05, 4.69) is 22.9 Å². The molecule has 0 atom stereocenters. The first kappa shape index (κ1) is 12.4. The average Bonchev–Trinajstić information content (AvgIpc) is 2.29. The maximum absolute atomic E-state index is 5.68. The topological polar surface area (TPSA) is 18.5 Å². The van der Waals surface area contributed by atoms with E-state index < -0.39 is 0 Å². The maximum Gasteiger partial charge on any atom is 0.123 e. The van der Waals surface area contributed by atoms with E-state index in [1.54, 1.807) is 7.11 Å². The molecule has 2 nitrogen and oxygen atoms in total. The molecule has 0 saturated carbocycles. The van der Waals surface area contributed by atoms with Gasteiger partial charge < -0.3 is 9.47 Å². The van der Waals surface area contributed by atoms with Gasteiger partial charge in [-0.2, -0.15) is 0 Å². The van der Waals surface area contributed by atoms with Crippen molar-refractivity contribution in [3.05, 3.63) is 23.8 Å². The Balaban J connectivity index is 2.69. The van der Waals surface area contributed by atoms with Crippen LogP contribution in [-0.4, -0.2) is 13.7 Å². The Hall–Kier alpha value is -0.700. The van der Waals surface area contributed by atoms with Crippen LogP contribution in [0.5, 0.6) is 11.5 Å². The number of benzene rings is 1. The van der Waals surface area contributed by atoms with Gasteiger partial charge in [0.25, 0.3) is 0 Å². The van der Waals surface area contributed by atoms with Crippen LogP contribution >= 0.6 is 15.9 Å². The van der Waals surface area contributed by atoms with Crippen molar-refractivity contribution in [2.45, 2.75) is 25.1 Å². The molecule has 1 aromatic rings. The van der Waals surface area contributed by atoms with Crippen LogP contribution in [0.4, 0.5) is 0 Å². The largest absolute Gasteiger partial charge is 0.497 e. The molecule has 0 fully saturated rings. The van der Waals surface area contributed by atoms with Gasteiger partial charge in [-0.3, -0.25) is 0 Å². The van der Waals surface area contributed by atoms with Gasteiger partial charge in [0.2, 0.25) is 0 Å². The molecule has 0 aromatic heterocycles. The quantitative estimate of drug-likeness (QED) is 0.580. The molecule has 0 aliphatic carbocycles. The van der Waals surface area contributed by atoms with Gasteiger partial charge in [0.05, 0.1) is 13.7 Å². The number of hydrogen-bond donors (Lipinski definition) is 0. The SMILES string of the molecule is CCCCOc1ccc(OC)cc1CBr. The van der Waals surface area contributed by atoms with E-state index in [1.165, 1.54) is 0 Å². The van der Waals surface area contributed by atoms with Crippen molar-refractivity contribution in [2.24, 2.45) is 0 Å². The van der Waals surface area contributed by atoms with Gasteiger partial charge in [-0.05, 0) is 24.6 Å². The Morgan fingerprint density at radius 2 is 2.13 bits per heavy atom. The van der Waals surface area contributed by atoms with Crippen LogP contribution in [0, 0.1) is 0 Å². The lowest BCUT2D eigenvalue weighted by Crippen LogP contribution is -1.99. The Kier molecular flexibility index (Phi) is 5.54. The van der Waals surface area contributed by atoms with Gasteiger partial charge in [0.1, 0.15) is 11.5 Å². The molecule has 0 amide bonds. The number of alkyl halides is 1. The first-order chi connectivity index (χ1) is 7.31. The zero-order chi connectivity index (χ0) is 11.1. The van der Waals surface area contributed by atoms with Crippen molar-refractivity contribution in [2.75, 3.05) is 13.7 Å². The zero-order valence-corrected chi connectivity index (χ0v) is 10.8. The third-order valence-corrected chi connectivity index (χ3v) is 2.77. The molecule has 1 rings (SSSR count). The van der Waals surface area contributed by atoms with Gasteiger partial charge >= 0.3 is 0 Å². The number of hydrogen-bond acceptors (Lipinski definition) is 2. The standard InChI is InChI=1S/C12H17BrO2/c1-3-4-7-15-12-6-5-11(14-2)8-10(12)9-13/h5-6,8H,3-4,7,9H2,1-2H3. The van der Waals surface area contributed by atoms with Crippen LogP contribution in [0.15, 0.2) is 18.2 Å². The fourth-order valence-corrected chi connectivity index (χ4v) is 1.69. The summed E-state index contributed by atoms with van der Waals surface area (Å²) < 4.78 is 10.8. The third kappa shape index (κ3) is 3.74. The fraction of sp³-hybridized carbons (Fsp3) is 0.500. The highest BCUT2D eigenvalue weighted by Gasteiger charge is 2.04. The van der Waals surface area contributed by atoms with E-state index in [4.69, 9.17) is 9.47 Å². The Labute approximate surface area is 99.7 Å². The zero-order valence-electron chi connectivity index (χ0n) is 9.25. The van der Waals surface area contributed by atoms with Gasteiger partial charge in [0, 0.05) is 10.9 Å². The average molecular weight is 273 g/mol. The van der Waals surface area contributed by atoms with Crippen LogP contribution in [0.2, 0.25) is 0 Å². The first-order valence-electron chi connectivity index (χ1n) is 5.17. The smallest absolute Gasteiger partial charge is 0.123 e. The highest BCUT2D eigenvalue weighted by Crippen LogP contribution is 2.26. The highest BCUT2D eigenvalue weighted by molar-refractivity contribution is 9.08. The molecule has 0 heterocycles. The monoisotopic (exact) mass is 272 g/mol. The van der Waals surface area contributed by atoms with E-state index in [0.717, 1.165) is 41.8 Å². The van der Waals surface area contributed by atoms with E-state index in [-0.39, 0.29) is 0 Å². The molecular formula is C12H17BrO2. The maximum atomic E-state index is 5.68. The fourth-order valence-electron chi connectivity index (χ4n) is 1.25. The number of halogens is 1. The second-order valence-corrected chi connectivity index (χ2v) is 3.87. The summed E-state index contributed by atoms with van der Waals surface area (Å²) in [6.07, 6.45) is 2.24. The van der Waals surface area contributed by atoms with Gasteiger partial charge in [-0.1, -0.05) is 29.3 Å². The Morgan fingerprint density at radius 3 is 2.73 bits per heavy atom. The molecule has 84 valence electrons. The van der Waals surface area contributed by atoms with Crippen molar-refractivity contribution in [1.82, 2.24) is 0 Å². The summed E-state index contributed by atoms with van der Waals surface area (Å²) in [7, 11) is 1.67. The van der Waals surface area contributed by atoms with Crippen molar-refractivity contribution < 1.29 is 9.47 Å². The lowest BCUT2D eigenvalue weighted by Gasteiger charge is -2.10. The molecule has 3 heteroatoms. The summed E-state index contributed by atoms with van der Waals surface area (Å²) in [5.74, 6) is 1.81. The molecule has 0 N–H and O–H groups in total. The van der Waals surface area contributed by atoms with E-state index in [0.29, 0.717) is 0 Å². The minimum atomic E-state index is 0.781. The van der Waals surface area contributed by atoms with Crippen molar-refractivity contribution in [3.63, 3.8) is 0 Å². The van der Waals surface area contributed by atoms with Gasteiger partial charge in [-0.25, -0.2) is 0 Å². The summed E-state index contributed by atoms with van der Waals surface area (Å²) in [5, 5.41) is 0.783. The molecule has 0 saturated heterocycles. The molecule has 0 unspecified atom stereocenters. The van der Waals surface area contributed by atoms with Gasteiger partial charge in [-0.15, -0.1) is 0 Å². The summed E-state index contributed by atoms with van der Waals surface area (Å²) in [6, 6.07) is 5.88. The van der Waals surface area contributed by atoms with E-state index in [9.17, 15) is 0 Å². The molecule has 0 aliphatic heterocycles. The molecule has 1 aromatic carbocycles. The Bertz CT molecular complexity index is 300. The van der Waals surface area contributed by atoms with Crippen LogP contribution < -0.4 is 9.47 Å². The van der Waals surface area contributed by atoms with Crippen LogP contribution in [0.3, 0.4) is 0 Å². The van der Waals surface area contributed by atoms with Crippen molar-refractivity contribution in [3.8, 4) is 11.5 Å². The molecule has 0 radical (unpaired) electrons. The number of methoxy groups -OCH3 is 1. The summed E-state index contributed by atoms with van der Waals surface area (Å²) >= 11 is 3.45. The predicted molar refractivity (Wildman–Crippen MR) is 66.0 cm³/mol. The second kappa shape index (κ2) is 6.72. The molecule has 0 aliphatic rings. The summed E-state index contributed by atoms with van der Waals surface area (Å²) in [6.45, 7) is 2.94. The summed E-state index contributed by atoms with van der Waals surface area (Å²) in [4.78, 5) is 0. The molecular weight excluding hydrogens is 256 g/mol. The Morgan fingerprint density at radius 1 is 1.33 bits per heavy atom. The van der Waals surface area contributed by atoms with Crippen molar-refractivity contribution >= 4 is 15.9 Å². The third-order valence-electron chi connectivity index (χ3n) is 2.17. The van der Waals surface area contributed by atoms with E-state index >= 15 is 0 Å². The molecule has 15 heavy (non-hydrogen) atoms. The summed E-state index contributed by atoms with van der Waals surface area (Å²) in [5.41, 5.74) is 1.13. The van der Waals surface area contributed by atoms with Gasteiger partial charge in [0.15, 0.2) is 0 Å². The molecule has 0 bridgehead atoms. The number of rotatable bonds is 6. The normalized spacial score (nSPS) is 10.1. The first-order valence-corrected chi connectivity index (χ1v) is 6.29. The van der Waals surface area contributed by atoms with Crippen LogP contribution in [0.1, 0.15) is 25.3 Å². The predicted octanol–water partition coefficient (Wildman–Crippen LogP) is 3.77. The van der Waals surface area contributed by atoms with E-state index in [1.807, 2.05) is 18.2 Å². The highest BCUT2D eigenvalue weighted by atomic mass is 79.9. The van der Waals surface area contributed by atoms with Crippen molar-refractivity contribution in [1.29, 1.82) is 0 Å².